The third-order valence-corrected chi connectivity index (χ3v) is 4.86. The summed E-state index contributed by atoms with van der Waals surface area (Å²) < 4.78 is 0. The summed E-state index contributed by atoms with van der Waals surface area (Å²) in [5.74, 6) is -0.433. The van der Waals surface area contributed by atoms with Crippen LogP contribution in [0.15, 0.2) is 59.6 Å². The summed E-state index contributed by atoms with van der Waals surface area (Å²) in [5.41, 5.74) is 1.67. The zero-order valence-electron chi connectivity index (χ0n) is 13.2. The molecule has 25 heavy (non-hydrogen) atoms. The number of nitrogens with one attached hydrogen (secondary N) is 2. The SMILES string of the molecule is O=C(C[C@@H]1SC(=NCc2ccccc2)NC1=O)Nc1cccc(Cl)c1. The van der Waals surface area contributed by atoms with Crippen molar-refractivity contribution in [1.29, 1.82) is 0 Å². The molecule has 1 heterocycles. The van der Waals surface area contributed by atoms with E-state index in [-0.39, 0.29) is 18.2 Å². The molecule has 2 amide bonds. The molecule has 1 saturated heterocycles. The Kier molecular flexibility index (Phi) is 5.73. The van der Waals surface area contributed by atoms with Gasteiger partial charge in [0.05, 0.1) is 6.54 Å². The summed E-state index contributed by atoms with van der Waals surface area (Å²) >= 11 is 7.17. The first-order valence-corrected chi connectivity index (χ1v) is 8.97. The van der Waals surface area contributed by atoms with Crippen molar-refractivity contribution in [1.82, 2.24) is 5.32 Å². The van der Waals surface area contributed by atoms with Gasteiger partial charge in [0.2, 0.25) is 11.8 Å². The number of thioether (sulfide) groups is 1. The minimum Gasteiger partial charge on any atom is -0.326 e. The third-order valence-electron chi connectivity index (χ3n) is 3.50. The molecular formula is C18H16ClN3O2S. The van der Waals surface area contributed by atoms with Crippen molar-refractivity contribution in [3.05, 3.63) is 65.2 Å². The van der Waals surface area contributed by atoms with Crippen LogP contribution in [0, 0.1) is 0 Å². The maximum Gasteiger partial charge on any atom is 0.240 e. The molecule has 128 valence electrons. The van der Waals surface area contributed by atoms with Gasteiger partial charge < -0.3 is 10.6 Å². The van der Waals surface area contributed by atoms with Crippen LogP contribution in [-0.2, 0) is 16.1 Å². The molecule has 1 aliphatic rings. The van der Waals surface area contributed by atoms with Crippen molar-refractivity contribution in [2.45, 2.75) is 18.2 Å². The van der Waals surface area contributed by atoms with Crippen molar-refractivity contribution < 1.29 is 9.59 Å². The second-order valence-corrected chi connectivity index (χ2v) is 7.09. The number of carbonyl (C=O) groups is 2. The first-order valence-electron chi connectivity index (χ1n) is 7.71. The lowest BCUT2D eigenvalue weighted by atomic mass is 10.2. The monoisotopic (exact) mass is 373 g/mol. The lowest BCUT2D eigenvalue weighted by Gasteiger charge is -2.07. The predicted octanol–water partition coefficient (Wildman–Crippen LogP) is 3.46. The highest BCUT2D eigenvalue weighted by molar-refractivity contribution is 8.15. The number of carbonyl (C=O) groups excluding carboxylic acids is 2. The minimum absolute atomic E-state index is 0.0768. The van der Waals surface area contributed by atoms with E-state index in [9.17, 15) is 9.59 Å². The summed E-state index contributed by atoms with van der Waals surface area (Å²) in [6.45, 7) is 0.491. The van der Waals surface area contributed by atoms with Crippen LogP contribution in [0.4, 0.5) is 5.69 Å². The molecule has 3 rings (SSSR count). The second-order valence-electron chi connectivity index (χ2n) is 5.47. The van der Waals surface area contributed by atoms with Crippen molar-refractivity contribution in [3.63, 3.8) is 0 Å². The maximum absolute atomic E-state index is 12.1. The van der Waals surface area contributed by atoms with Crippen LogP contribution in [0.3, 0.4) is 0 Å². The second kappa shape index (κ2) is 8.18. The Balaban J connectivity index is 1.54. The van der Waals surface area contributed by atoms with Crippen molar-refractivity contribution in [2.24, 2.45) is 4.99 Å². The molecule has 2 N–H and O–H groups in total. The number of aliphatic imine (C=N–C) groups is 1. The van der Waals surface area contributed by atoms with Crippen LogP contribution in [0.25, 0.3) is 0 Å². The minimum atomic E-state index is -0.478. The van der Waals surface area contributed by atoms with Gasteiger partial charge in [0.1, 0.15) is 5.25 Å². The summed E-state index contributed by atoms with van der Waals surface area (Å²) in [5, 5.41) is 6.09. The molecule has 0 unspecified atom stereocenters. The lowest BCUT2D eigenvalue weighted by molar-refractivity contribution is -0.122. The van der Waals surface area contributed by atoms with E-state index >= 15 is 0 Å². The average Bonchev–Trinajstić information content (AvgIpc) is 2.93. The number of nitrogens with zero attached hydrogens (tertiary/aromatic N) is 1. The quantitative estimate of drug-likeness (QED) is 0.843. The normalized spacial score (nSPS) is 18.2. The van der Waals surface area contributed by atoms with Crippen molar-refractivity contribution >= 4 is 46.0 Å². The molecular weight excluding hydrogens is 358 g/mol. The van der Waals surface area contributed by atoms with Gasteiger partial charge in [0, 0.05) is 17.1 Å². The Morgan fingerprint density at radius 3 is 2.76 bits per heavy atom. The molecule has 2 aromatic carbocycles. The Bertz CT molecular complexity index is 811. The van der Waals surface area contributed by atoms with Crippen LogP contribution in [-0.4, -0.2) is 22.2 Å². The Hall–Kier alpha value is -2.31. The Morgan fingerprint density at radius 2 is 2.00 bits per heavy atom. The molecule has 7 heteroatoms. The van der Waals surface area contributed by atoms with Gasteiger partial charge in [-0.05, 0) is 23.8 Å². The number of hydrogen-bond acceptors (Lipinski definition) is 4. The predicted molar refractivity (Wildman–Crippen MR) is 102 cm³/mol. The Morgan fingerprint density at radius 1 is 1.20 bits per heavy atom. The van der Waals surface area contributed by atoms with E-state index < -0.39 is 5.25 Å². The highest BCUT2D eigenvalue weighted by Crippen LogP contribution is 2.24. The van der Waals surface area contributed by atoms with Crippen molar-refractivity contribution in [2.75, 3.05) is 5.32 Å². The van der Waals surface area contributed by atoms with Crippen LogP contribution >= 0.6 is 23.4 Å². The number of halogens is 1. The molecule has 0 saturated carbocycles. The first kappa shape index (κ1) is 17.5. The fourth-order valence-electron chi connectivity index (χ4n) is 2.31. The lowest BCUT2D eigenvalue weighted by Crippen LogP contribution is -2.28. The smallest absolute Gasteiger partial charge is 0.240 e. The molecule has 0 spiro atoms. The number of rotatable bonds is 5. The standard InChI is InChI=1S/C18H16ClN3O2S/c19-13-7-4-8-14(9-13)21-16(23)10-15-17(24)22-18(25-15)20-11-12-5-2-1-3-6-12/h1-9,15H,10-11H2,(H,21,23)(H,20,22,24)/t15-/m0/s1. The summed E-state index contributed by atoms with van der Waals surface area (Å²) in [7, 11) is 0. The topological polar surface area (TPSA) is 70.6 Å². The molecule has 0 aliphatic carbocycles. The zero-order valence-corrected chi connectivity index (χ0v) is 14.8. The van der Waals surface area contributed by atoms with Gasteiger partial charge in [0.25, 0.3) is 0 Å². The fraction of sp³-hybridized carbons (Fsp3) is 0.167. The number of amidine groups is 1. The van der Waals surface area contributed by atoms with Gasteiger partial charge in [0.15, 0.2) is 5.17 Å². The van der Waals surface area contributed by atoms with Crippen LogP contribution in [0.2, 0.25) is 5.02 Å². The molecule has 0 radical (unpaired) electrons. The highest BCUT2D eigenvalue weighted by Gasteiger charge is 2.31. The molecule has 1 atom stereocenters. The molecule has 5 nitrogen and oxygen atoms in total. The zero-order chi connectivity index (χ0) is 17.6. The van der Waals surface area contributed by atoms with Gasteiger partial charge in [-0.15, -0.1) is 0 Å². The van der Waals surface area contributed by atoms with Crippen LogP contribution in [0.1, 0.15) is 12.0 Å². The Labute approximate surface area is 154 Å². The number of amides is 2. The number of benzene rings is 2. The number of hydrogen-bond donors (Lipinski definition) is 2. The molecule has 0 aromatic heterocycles. The summed E-state index contributed by atoms with van der Waals surface area (Å²) in [6.07, 6.45) is 0.0768. The van der Waals surface area contributed by atoms with Gasteiger partial charge in [-0.2, -0.15) is 0 Å². The van der Waals surface area contributed by atoms with E-state index in [0.29, 0.717) is 22.4 Å². The summed E-state index contributed by atoms with van der Waals surface area (Å²) in [4.78, 5) is 28.5. The van der Waals surface area contributed by atoms with E-state index in [4.69, 9.17) is 11.6 Å². The fourth-order valence-corrected chi connectivity index (χ4v) is 3.47. The maximum atomic E-state index is 12.1. The van der Waals surface area contributed by atoms with Crippen LogP contribution < -0.4 is 10.6 Å². The average molecular weight is 374 g/mol. The van der Waals surface area contributed by atoms with Crippen molar-refractivity contribution in [3.8, 4) is 0 Å². The van der Waals surface area contributed by atoms with E-state index in [1.165, 1.54) is 11.8 Å². The van der Waals surface area contributed by atoms with E-state index in [0.717, 1.165) is 5.56 Å². The third kappa shape index (κ3) is 5.08. The van der Waals surface area contributed by atoms with Crippen LogP contribution in [0.5, 0.6) is 0 Å². The number of anilines is 1. The van der Waals surface area contributed by atoms with Gasteiger partial charge >= 0.3 is 0 Å². The van der Waals surface area contributed by atoms with Gasteiger partial charge in [-0.25, -0.2) is 0 Å². The highest BCUT2D eigenvalue weighted by atomic mass is 35.5. The van der Waals surface area contributed by atoms with Gasteiger partial charge in [-0.1, -0.05) is 59.8 Å². The largest absolute Gasteiger partial charge is 0.326 e. The first-order chi connectivity index (χ1) is 12.1. The molecule has 1 fully saturated rings. The van der Waals surface area contributed by atoms with E-state index in [1.54, 1.807) is 24.3 Å². The summed E-state index contributed by atoms with van der Waals surface area (Å²) in [6, 6.07) is 16.7. The van der Waals surface area contributed by atoms with Gasteiger partial charge in [-0.3, -0.25) is 14.6 Å². The molecule has 2 aromatic rings. The van der Waals surface area contributed by atoms with E-state index in [1.807, 2.05) is 30.3 Å². The van der Waals surface area contributed by atoms with E-state index in [2.05, 4.69) is 15.6 Å². The molecule has 0 bridgehead atoms. The molecule has 1 aliphatic heterocycles.